The van der Waals surface area contributed by atoms with Crippen molar-refractivity contribution < 1.29 is 0 Å². The van der Waals surface area contributed by atoms with Gasteiger partial charge in [-0.15, -0.1) is 0 Å². The zero-order chi connectivity index (χ0) is 9.97. The van der Waals surface area contributed by atoms with E-state index < -0.39 is 0 Å². The average Bonchev–Trinajstić information content (AvgIpc) is 2.23. The molecule has 0 aliphatic heterocycles. The van der Waals surface area contributed by atoms with Crippen molar-refractivity contribution in [2.24, 2.45) is 0 Å². The van der Waals surface area contributed by atoms with E-state index in [0.717, 1.165) is 11.3 Å². The summed E-state index contributed by atoms with van der Waals surface area (Å²) in [5, 5.41) is 0.961. The van der Waals surface area contributed by atoms with Crippen molar-refractivity contribution in [1.82, 2.24) is 9.97 Å². The first-order valence-corrected chi connectivity index (χ1v) is 4.75. The van der Waals surface area contributed by atoms with Crippen LogP contribution >= 0.6 is 23.2 Å². The molecule has 0 atom stereocenters. The van der Waals surface area contributed by atoms with Crippen molar-refractivity contribution in [3.05, 3.63) is 46.8 Å². The van der Waals surface area contributed by atoms with Crippen LogP contribution in [0.3, 0.4) is 0 Å². The molecule has 0 spiro atoms. The van der Waals surface area contributed by atoms with Gasteiger partial charge in [-0.05, 0) is 18.2 Å². The summed E-state index contributed by atoms with van der Waals surface area (Å²) in [4.78, 5) is 8.05. The summed E-state index contributed by atoms with van der Waals surface area (Å²) < 4.78 is 0. The third-order valence-corrected chi connectivity index (χ3v) is 2.27. The van der Waals surface area contributed by atoms with Crippen LogP contribution in [-0.2, 0) is 0 Å². The van der Waals surface area contributed by atoms with Gasteiger partial charge in [-0.25, -0.2) is 4.98 Å². The Morgan fingerprint density at radius 3 is 2.64 bits per heavy atom. The highest BCUT2D eigenvalue weighted by atomic mass is 35.5. The molecule has 0 unspecified atom stereocenters. The maximum atomic E-state index is 5.97. The predicted octanol–water partition coefficient (Wildman–Crippen LogP) is 3.45. The van der Waals surface area contributed by atoms with E-state index in [1.54, 1.807) is 12.3 Å². The van der Waals surface area contributed by atoms with Gasteiger partial charge in [0.1, 0.15) is 5.15 Å². The van der Waals surface area contributed by atoms with Crippen LogP contribution in [0.2, 0.25) is 10.2 Å². The van der Waals surface area contributed by atoms with Crippen molar-refractivity contribution in [2.45, 2.75) is 0 Å². The SMILES string of the molecule is Clc1cc(-c2ccccn2)c(Cl)cn1. The monoisotopic (exact) mass is 224 g/mol. The summed E-state index contributed by atoms with van der Waals surface area (Å²) in [5.74, 6) is 0. The van der Waals surface area contributed by atoms with Crippen molar-refractivity contribution in [2.75, 3.05) is 0 Å². The van der Waals surface area contributed by atoms with E-state index in [9.17, 15) is 0 Å². The topological polar surface area (TPSA) is 25.8 Å². The van der Waals surface area contributed by atoms with Gasteiger partial charge in [0, 0.05) is 18.0 Å². The van der Waals surface area contributed by atoms with Crippen LogP contribution in [0.5, 0.6) is 0 Å². The van der Waals surface area contributed by atoms with Crippen LogP contribution in [0.15, 0.2) is 36.7 Å². The lowest BCUT2D eigenvalue weighted by molar-refractivity contribution is 1.29. The Kier molecular flexibility index (Phi) is 2.66. The number of pyridine rings is 2. The number of rotatable bonds is 1. The fourth-order valence-corrected chi connectivity index (χ4v) is 1.49. The second kappa shape index (κ2) is 3.95. The van der Waals surface area contributed by atoms with Crippen LogP contribution in [0.1, 0.15) is 0 Å². The fourth-order valence-electron chi connectivity index (χ4n) is 1.13. The molecular formula is C10H6Cl2N2. The first-order chi connectivity index (χ1) is 6.77. The molecule has 0 amide bonds. The molecule has 0 fully saturated rings. The second-order valence-electron chi connectivity index (χ2n) is 2.70. The number of aromatic nitrogens is 2. The Hall–Kier alpha value is -1.12. The molecule has 2 nitrogen and oxygen atoms in total. The molecule has 0 aliphatic rings. The van der Waals surface area contributed by atoms with E-state index in [2.05, 4.69) is 9.97 Å². The minimum atomic E-state index is 0.412. The van der Waals surface area contributed by atoms with Gasteiger partial charge in [-0.3, -0.25) is 4.98 Å². The van der Waals surface area contributed by atoms with E-state index in [1.165, 1.54) is 6.20 Å². The van der Waals surface area contributed by atoms with Crippen molar-refractivity contribution >= 4 is 23.2 Å². The summed E-state index contributed by atoms with van der Waals surface area (Å²) in [7, 11) is 0. The Labute approximate surface area is 91.5 Å². The lowest BCUT2D eigenvalue weighted by Gasteiger charge is -2.02. The summed E-state index contributed by atoms with van der Waals surface area (Å²) >= 11 is 11.7. The molecular weight excluding hydrogens is 219 g/mol. The van der Waals surface area contributed by atoms with Gasteiger partial charge in [-0.2, -0.15) is 0 Å². The minimum Gasteiger partial charge on any atom is -0.256 e. The quantitative estimate of drug-likeness (QED) is 0.694. The van der Waals surface area contributed by atoms with Gasteiger partial charge in [0.25, 0.3) is 0 Å². The van der Waals surface area contributed by atoms with Crippen LogP contribution in [0.25, 0.3) is 11.3 Å². The summed E-state index contributed by atoms with van der Waals surface area (Å²) in [6.45, 7) is 0. The highest BCUT2D eigenvalue weighted by Crippen LogP contribution is 2.27. The third-order valence-electron chi connectivity index (χ3n) is 1.76. The smallest absolute Gasteiger partial charge is 0.129 e. The molecule has 0 saturated carbocycles. The van der Waals surface area contributed by atoms with Crippen LogP contribution in [0.4, 0.5) is 0 Å². The Balaban J connectivity index is 2.57. The van der Waals surface area contributed by atoms with Gasteiger partial charge in [0.05, 0.1) is 10.7 Å². The summed E-state index contributed by atoms with van der Waals surface area (Å²) in [6.07, 6.45) is 3.23. The van der Waals surface area contributed by atoms with Crippen LogP contribution in [-0.4, -0.2) is 9.97 Å². The van der Waals surface area contributed by atoms with E-state index in [4.69, 9.17) is 23.2 Å². The van der Waals surface area contributed by atoms with E-state index >= 15 is 0 Å². The van der Waals surface area contributed by atoms with Gasteiger partial charge < -0.3 is 0 Å². The van der Waals surface area contributed by atoms with Crippen LogP contribution in [0, 0.1) is 0 Å². The van der Waals surface area contributed by atoms with Gasteiger partial charge in [0.15, 0.2) is 0 Å². The first kappa shape index (κ1) is 9.44. The van der Waals surface area contributed by atoms with E-state index in [0.29, 0.717) is 10.2 Å². The first-order valence-electron chi connectivity index (χ1n) is 4.00. The number of hydrogen-bond donors (Lipinski definition) is 0. The van der Waals surface area contributed by atoms with Crippen molar-refractivity contribution in [1.29, 1.82) is 0 Å². The molecule has 0 saturated heterocycles. The van der Waals surface area contributed by atoms with Crippen molar-refractivity contribution in [3.63, 3.8) is 0 Å². The molecule has 14 heavy (non-hydrogen) atoms. The highest BCUT2D eigenvalue weighted by molar-refractivity contribution is 6.34. The van der Waals surface area contributed by atoms with Crippen molar-refractivity contribution in [3.8, 4) is 11.3 Å². The minimum absolute atomic E-state index is 0.412. The molecule has 0 bridgehead atoms. The van der Waals surface area contributed by atoms with Gasteiger partial charge in [-0.1, -0.05) is 29.3 Å². The Bertz CT molecular complexity index is 443. The molecule has 2 aromatic rings. The number of nitrogens with zero attached hydrogens (tertiary/aromatic N) is 2. The molecule has 0 radical (unpaired) electrons. The third kappa shape index (κ3) is 1.86. The fraction of sp³-hybridized carbons (Fsp3) is 0. The van der Waals surface area contributed by atoms with Gasteiger partial charge in [0.2, 0.25) is 0 Å². The molecule has 2 rings (SSSR count). The molecule has 2 aromatic heterocycles. The Morgan fingerprint density at radius 2 is 1.93 bits per heavy atom. The van der Waals surface area contributed by atoms with E-state index in [1.807, 2.05) is 18.2 Å². The molecule has 0 aliphatic carbocycles. The predicted molar refractivity (Wildman–Crippen MR) is 57.5 cm³/mol. The Morgan fingerprint density at radius 1 is 1.07 bits per heavy atom. The molecule has 4 heteroatoms. The summed E-state index contributed by atoms with van der Waals surface area (Å²) in [5.41, 5.74) is 1.59. The molecule has 0 N–H and O–H groups in total. The lowest BCUT2D eigenvalue weighted by Crippen LogP contribution is -1.85. The lowest BCUT2D eigenvalue weighted by atomic mass is 10.2. The average molecular weight is 225 g/mol. The maximum Gasteiger partial charge on any atom is 0.129 e. The number of halogens is 2. The van der Waals surface area contributed by atoms with Crippen LogP contribution < -0.4 is 0 Å². The zero-order valence-corrected chi connectivity index (χ0v) is 8.63. The standard InChI is InChI=1S/C10H6Cl2N2/c11-8-6-14-10(12)5-7(8)9-3-1-2-4-13-9/h1-6H. The molecule has 2 heterocycles. The number of hydrogen-bond acceptors (Lipinski definition) is 2. The van der Waals surface area contributed by atoms with Gasteiger partial charge >= 0.3 is 0 Å². The zero-order valence-electron chi connectivity index (χ0n) is 7.11. The normalized spacial score (nSPS) is 10.1. The second-order valence-corrected chi connectivity index (χ2v) is 3.50. The maximum absolute atomic E-state index is 5.97. The molecule has 0 aromatic carbocycles. The molecule has 70 valence electrons. The van der Waals surface area contributed by atoms with E-state index in [-0.39, 0.29) is 0 Å². The summed E-state index contributed by atoms with van der Waals surface area (Å²) in [6, 6.07) is 7.32. The highest BCUT2D eigenvalue weighted by Gasteiger charge is 2.05. The largest absolute Gasteiger partial charge is 0.256 e.